The van der Waals surface area contributed by atoms with E-state index >= 15 is 0 Å². The molecule has 3 N–H and O–H groups in total. The number of oxime groups is 1. The summed E-state index contributed by atoms with van der Waals surface area (Å²) in [6.45, 7) is 11.4. The average molecular weight is 241 g/mol. The number of amidine groups is 1. The first-order valence-electron chi connectivity index (χ1n) is 6.59. The fourth-order valence-electron chi connectivity index (χ4n) is 2.64. The monoisotopic (exact) mass is 241 g/mol. The molecule has 0 aromatic heterocycles. The topological polar surface area (TPSA) is 61.9 Å². The Morgan fingerprint density at radius 1 is 1.53 bits per heavy atom. The Labute approximate surface area is 105 Å². The molecule has 0 spiro atoms. The fraction of sp³-hybridized carbons (Fsp3) is 0.923. The first-order valence-corrected chi connectivity index (χ1v) is 6.59. The third kappa shape index (κ3) is 3.87. The normalized spacial score (nSPS) is 25.2. The van der Waals surface area contributed by atoms with Gasteiger partial charge in [-0.1, -0.05) is 32.9 Å². The van der Waals surface area contributed by atoms with E-state index in [9.17, 15) is 0 Å². The van der Waals surface area contributed by atoms with E-state index in [4.69, 9.17) is 10.9 Å². The minimum atomic E-state index is 0.344. The summed E-state index contributed by atoms with van der Waals surface area (Å²) in [6, 6.07) is 0.415. The summed E-state index contributed by atoms with van der Waals surface area (Å²) >= 11 is 0. The molecule has 4 nitrogen and oxygen atoms in total. The van der Waals surface area contributed by atoms with Crippen molar-refractivity contribution in [2.45, 2.75) is 53.0 Å². The van der Waals surface area contributed by atoms with E-state index in [1.165, 1.54) is 6.42 Å². The van der Waals surface area contributed by atoms with Crippen LogP contribution in [0.5, 0.6) is 0 Å². The molecule has 1 rings (SSSR count). The van der Waals surface area contributed by atoms with E-state index in [-0.39, 0.29) is 0 Å². The molecule has 0 radical (unpaired) electrons. The number of hydrogen-bond donors (Lipinski definition) is 2. The smallest absolute Gasteiger partial charge is 0.140 e. The van der Waals surface area contributed by atoms with Crippen LogP contribution in [-0.2, 0) is 0 Å². The van der Waals surface area contributed by atoms with Gasteiger partial charge in [-0.25, -0.2) is 0 Å². The Hall–Kier alpha value is -0.770. The van der Waals surface area contributed by atoms with Crippen molar-refractivity contribution < 1.29 is 5.21 Å². The maximum Gasteiger partial charge on any atom is 0.140 e. The summed E-state index contributed by atoms with van der Waals surface area (Å²) in [4.78, 5) is 2.49. The molecule has 100 valence electrons. The largest absolute Gasteiger partial charge is 0.409 e. The number of nitrogens with two attached hydrogens (primary N) is 1. The van der Waals surface area contributed by atoms with Gasteiger partial charge in [0, 0.05) is 19.0 Å². The van der Waals surface area contributed by atoms with Crippen LogP contribution in [-0.4, -0.2) is 35.1 Å². The summed E-state index contributed by atoms with van der Waals surface area (Å²) in [7, 11) is 0. The van der Waals surface area contributed by atoms with Crippen molar-refractivity contribution in [2.75, 3.05) is 13.1 Å². The van der Waals surface area contributed by atoms with Crippen LogP contribution in [0, 0.1) is 11.3 Å². The van der Waals surface area contributed by atoms with Crippen molar-refractivity contribution in [3.8, 4) is 0 Å². The van der Waals surface area contributed by atoms with E-state index in [0.29, 0.717) is 23.7 Å². The van der Waals surface area contributed by atoms with Crippen LogP contribution < -0.4 is 5.73 Å². The maximum absolute atomic E-state index is 8.65. The standard InChI is InChI=1S/C13H27N3O/c1-5-11(8-12(14)15-17)16-7-6-10(9-16)13(2,3)4/h10-11,17H,5-9H2,1-4H3,(H2,14,15). The van der Waals surface area contributed by atoms with Gasteiger partial charge < -0.3 is 10.9 Å². The summed E-state index contributed by atoms with van der Waals surface area (Å²) in [6.07, 6.45) is 2.98. The van der Waals surface area contributed by atoms with Gasteiger partial charge in [-0.15, -0.1) is 0 Å². The minimum Gasteiger partial charge on any atom is -0.409 e. The maximum atomic E-state index is 8.65. The second kappa shape index (κ2) is 5.71. The molecule has 1 heterocycles. The van der Waals surface area contributed by atoms with Crippen LogP contribution in [0.25, 0.3) is 0 Å². The summed E-state index contributed by atoms with van der Waals surface area (Å²) in [5.41, 5.74) is 5.99. The molecule has 4 heteroatoms. The van der Waals surface area contributed by atoms with Crippen molar-refractivity contribution in [1.82, 2.24) is 4.90 Å². The molecule has 0 bridgehead atoms. The predicted molar refractivity (Wildman–Crippen MR) is 71.2 cm³/mol. The van der Waals surface area contributed by atoms with E-state index in [1.807, 2.05) is 0 Å². The zero-order chi connectivity index (χ0) is 13.1. The number of hydrogen-bond acceptors (Lipinski definition) is 3. The highest BCUT2D eigenvalue weighted by Gasteiger charge is 2.34. The second-order valence-electron chi connectivity index (χ2n) is 6.20. The highest BCUT2D eigenvalue weighted by Crippen LogP contribution is 2.34. The lowest BCUT2D eigenvalue weighted by Gasteiger charge is -2.30. The molecule has 0 amide bonds. The quantitative estimate of drug-likeness (QED) is 0.343. The van der Waals surface area contributed by atoms with Gasteiger partial charge in [-0.05, 0) is 30.7 Å². The fourth-order valence-corrected chi connectivity index (χ4v) is 2.64. The van der Waals surface area contributed by atoms with Gasteiger partial charge in [-0.3, -0.25) is 4.90 Å². The van der Waals surface area contributed by atoms with E-state index in [0.717, 1.165) is 25.4 Å². The molecule has 0 aromatic carbocycles. The zero-order valence-corrected chi connectivity index (χ0v) is 11.6. The van der Waals surface area contributed by atoms with Crippen LogP contribution in [0.2, 0.25) is 0 Å². The lowest BCUT2D eigenvalue weighted by molar-refractivity contribution is 0.192. The van der Waals surface area contributed by atoms with Crippen molar-refractivity contribution in [1.29, 1.82) is 0 Å². The van der Waals surface area contributed by atoms with E-state index in [2.05, 4.69) is 37.8 Å². The number of rotatable bonds is 4. The molecule has 0 aliphatic carbocycles. The van der Waals surface area contributed by atoms with Gasteiger partial charge in [0.25, 0.3) is 0 Å². The Kier molecular flexibility index (Phi) is 4.80. The molecule has 2 atom stereocenters. The average Bonchev–Trinajstić information content (AvgIpc) is 2.74. The van der Waals surface area contributed by atoms with Crippen LogP contribution >= 0.6 is 0 Å². The Morgan fingerprint density at radius 2 is 2.18 bits per heavy atom. The van der Waals surface area contributed by atoms with Gasteiger partial charge in [0.15, 0.2) is 0 Å². The third-order valence-electron chi connectivity index (χ3n) is 4.01. The highest BCUT2D eigenvalue weighted by atomic mass is 16.4. The zero-order valence-electron chi connectivity index (χ0n) is 11.6. The molecule has 1 aliphatic heterocycles. The Bertz CT molecular complexity index is 270. The summed E-state index contributed by atoms with van der Waals surface area (Å²) in [5, 5.41) is 11.7. The first kappa shape index (κ1) is 14.3. The molecule has 0 aromatic rings. The van der Waals surface area contributed by atoms with Crippen LogP contribution in [0.1, 0.15) is 47.0 Å². The van der Waals surface area contributed by atoms with E-state index in [1.54, 1.807) is 0 Å². The lowest BCUT2D eigenvalue weighted by Crippen LogP contribution is -2.37. The van der Waals surface area contributed by atoms with Crippen LogP contribution in [0.4, 0.5) is 0 Å². The van der Waals surface area contributed by atoms with Gasteiger partial charge in [-0.2, -0.15) is 0 Å². The second-order valence-corrected chi connectivity index (χ2v) is 6.20. The first-order chi connectivity index (χ1) is 7.88. The van der Waals surface area contributed by atoms with Crippen molar-refractivity contribution in [3.63, 3.8) is 0 Å². The molecule has 1 saturated heterocycles. The van der Waals surface area contributed by atoms with Crippen LogP contribution in [0.3, 0.4) is 0 Å². The van der Waals surface area contributed by atoms with E-state index < -0.39 is 0 Å². The lowest BCUT2D eigenvalue weighted by atomic mass is 9.80. The Morgan fingerprint density at radius 3 is 2.59 bits per heavy atom. The van der Waals surface area contributed by atoms with Crippen LogP contribution in [0.15, 0.2) is 5.16 Å². The molecule has 17 heavy (non-hydrogen) atoms. The van der Waals surface area contributed by atoms with Crippen molar-refractivity contribution in [3.05, 3.63) is 0 Å². The third-order valence-corrected chi connectivity index (χ3v) is 4.01. The summed E-state index contributed by atoms with van der Waals surface area (Å²) < 4.78 is 0. The van der Waals surface area contributed by atoms with Gasteiger partial charge in [0.05, 0.1) is 0 Å². The van der Waals surface area contributed by atoms with Crippen molar-refractivity contribution in [2.24, 2.45) is 22.2 Å². The molecule has 2 unspecified atom stereocenters. The number of nitrogens with zero attached hydrogens (tertiary/aromatic N) is 2. The Balaban J connectivity index is 2.56. The number of likely N-dealkylation sites (tertiary alicyclic amines) is 1. The van der Waals surface area contributed by atoms with Gasteiger partial charge >= 0.3 is 0 Å². The SMILES string of the molecule is CCC(CC(N)=NO)N1CCC(C(C)(C)C)C1. The minimum absolute atomic E-state index is 0.344. The molecule has 0 saturated carbocycles. The molecular formula is C13H27N3O. The predicted octanol–water partition coefficient (Wildman–Crippen LogP) is 2.27. The van der Waals surface area contributed by atoms with Crippen molar-refractivity contribution >= 4 is 5.84 Å². The van der Waals surface area contributed by atoms with Gasteiger partial charge in [0.1, 0.15) is 5.84 Å². The van der Waals surface area contributed by atoms with Gasteiger partial charge in [0.2, 0.25) is 0 Å². The molecule has 1 fully saturated rings. The summed E-state index contributed by atoms with van der Waals surface area (Å²) in [5.74, 6) is 1.10. The highest BCUT2D eigenvalue weighted by molar-refractivity contribution is 5.80. The molecule has 1 aliphatic rings. The molecular weight excluding hydrogens is 214 g/mol.